The van der Waals surface area contributed by atoms with Crippen LogP contribution in [0.4, 0.5) is 0 Å². The molecule has 0 fully saturated rings. The largest absolute Gasteiger partial charge is 0.377 e. The van der Waals surface area contributed by atoms with Crippen molar-refractivity contribution in [1.29, 1.82) is 0 Å². The molecule has 22 heavy (non-hydrogen) atoms. The van der Waals surface area contributed by atoms with E-state index in [0.717, 1.165) is 29.0 Å². The number of rotatable bonds is 5. The van der Waals surface area contributed by atoms with Crippen LogP contribution in [0.3, 0.4) is 0 Å². The lowest BCUT2D eigenvalue weighted by molar-refractivity contribution is -0.131. The van der Waals surface area contributed by atoms with Gasteiger partial charge < -0.3 is 9.64 Å². The number of hydrogen-bond acceptors (Lipinski definition) is 4. The molecule has 0 atom stereocenters. The average Bonchev–Trinajstić information content (AvgIpc) is 3.05. The van der Waals surface area contributed by atoms with Gasteiger partial charge in [0.25, 0.3) is 0 Å². The zero-order chi connectivity index (χ0) is 15.4. The van der Waals surface area contributed by atoms with Crippen LogP contribution in [0, 0.1) is 0 Å². The SMILES string of the molecule is CCOCc1cncc2c1CCN(C(=O)Cc1cccs1)C2. The summed E-state index contributed by atoms with van der Waals surface area (Å²) >= 11 is 1.64. The Bertz CT molecular complexity index is 640. The van der Waals surface area contributed by atoms with Crippen LogP contribution >= 0.6 is 11.3 Å². The molecule has 4 nitrogen and oxygen atoms in total. The van der Waals surface area contributed by atoms with Gasteiger partial charge in [0.05, 0.1) is 13.0 Å². The molecule has 0 saturated carbocycles. The van der Waals surface area contributed by atoms with Crippen molar-refractivity contribution in [1.82, 2.24) is 9.88 Å². The molecule has 2 aromatic rings. The molecule has 3 rings (SSSR count). The van der Waals surface area contributed by atoms with Crippen LogP contribution in [0.1, 0.15) is 28.5 Å². The maximum Gasteiger partial charge on any atom is 0.228 e. The van der Waals surface area contributed by atoms with E-state index in [1.807, 2.05) is 41.7 Å². The molecule has 0 N–H and O–H groups in total. The normalized spacial score (nSPS) is 14.0. The lowest BCUT2D eigenvalue weighted by Gasteiger charge is -2.29. The number of carbonyl (C=O) groups is 1. The highest BCUT2D eigenvalue weighted by Gasteiger charge is 2.23. The van der Waals surface area contributed by atoms with E-state index in [2.05, 4.69) is 4.98 Å². The van der Waals surface area contributed by atoms with Gasteiger partial charge in [-0.25, -0.2) is 0 Å². The highest BCUT2D eigenvalue weighted by Crippen LogP contribution is 2.23. The van der Waals surface area contributed by atoms with Gasteiger partial charge in [-0.2, -0.15) is 0 Å². The number of nitrogens with zero attached hydrogens (tertiary/aromatic N) is 2. The molecule has 116 valence electrons. The van der Waals surface area contributed by atoms with Gasteiger partial charge in [0.2, 0.25) is 5.91 Å². The number of aromatic nitrogens is 1. The van der Waals surface area contributed by atoms with Crippen molar-refractivity contribution in [3.8, 4) is 0 Å². The second-order valence-corrected chi connectivity index (χ2v) is 6.43. The first-order chi connectivity index (χ1) is 10.8. The molecule has 0 spiro atoms. The minimum atomic E-state index is 0.198. The fourth-order valence-electron chi connectivity index (χ4n) is 2.79. The Morgan fingerprint density at radius 3 is 3.14 bits per heavy atom. The van der Waals surface area contributed by atoms with E-state index >= 15 is 0 Å². The standard InChI is InChI=1S/C17H20N2O2S/c1-2-21-12-14-10-18-9-13-11-19(6-5-16(13)14)17(20)8-15-4-3-7-22-15/h3-4,7,9-10H,2,5-6,8,11-12H2,1H3. The van der Waals surface area contributed by atoms with Gasteiger partial charge in [-0.05, 0) is 41.5 Å². The number of ether oxygens (including phenoxy) is 1. The van der Waals surface area contributed by atoms with Gasteiger partial charge in [-0.3, -0.25) is 9.78 Å². The van der Waals surface area contributed by atoms with Crippen molar-refractivity contribution in [2.24, 2.45) is 0 Å². The van der Waals surface area contributed by atoms with Crippen molar-refractivity contribution in [3.05, 3.63) is 51.5 Å². The first kappa shape index (κ1) is 15.2. The zero-order valence-electron chi connectivity index (χ0n) is 12.7. The van der Waals surface area contributed by atoms with Gasteiger partial charge in [0.15, 0.2) is 0 Å². The Labute approximate surface area is 134 Å². The van der Waals surface area contributed by atoms with Crippen LogP contribution in [0.25, 0.3) is 0 Å². The topological polar surface area (TPSA) is 42.4 Å². The molecule has 3 heterocycles. The summed E-state index contributed by atoms with van der Waals surface area (Å²) in [6, 6.07) is 4.00. The third kappa shape index (κ3) is 3.36. The van der Waals surface area contributed by atoms with Crippen LogP contribution in [0.15, 0.2) is 29.9 Å². The maximum atomic E-state index is 12.4. The molecule has 0 aromatic carbocycles. The molecule has 0 radical (unpaired) electrons. The van der Waals surface area contributed by atoms with E-state index in [1.165, 1.54) is 5.56 Å². The number of carbonyl (C=O) groups excluding carboxylic acids is 1. The highest BCUT2D eigenvalue weighted by atomic mass is 32.1. The first-order valence-corrected chi connectivity index (χ1v) is 8.48. The number of hydrogen-bond donors (Lipinski definition) is 0. The molecular weight excluding hydrogens is 296 g/mol. The molecule has 5 heteroatoms. The van der Waals surface area contributed by atoms with E-state index in [1.54, 1.807) is 11.3 Å². The van der Waals surface area contributed by atoms with E-state index in [4.69, 9.17) is 4.74 Å². The summed E-state index contributed by atoms with van der Waals surface area (Å²) in [5, 5.41) is 2.01. The molecule has 1 aliphatic rings. The minimum absolute atomic E-state index is 0.198. The first-order valence-electron chi connectivity index (χ1n) is 7.60. The van der Waals surface area contributed by atoms with E-state index < -0.39 is 0 Å². The maximum absolute atomic E-state index is 12.4. The number of fused-ring (bicyclic) bond motifs is 1. The van der Waals surface area contributed by atoms with Crippen LogP contribution in [0.5, 0.6) is 0 Å². The summed E-state index contributed by atoms with van der Waals surface area (Å²) < 4.78 is 5.51. The summed E-state index contributed by atoms with van der Waals surface area (Å²) in [4.78, 5) is 19.8. The second-order valence-electron chi connectivity index (χ2n) is 5.39. The van der Waals surface area contributed by atoms with Crippen molar-refractivity contribution in [3.63, 3.8) is 0 Å². The third-order valence-electron chi connectivity index (χ3n) is 3.95. The van der Waals surface area contributed by atoms with Crippen LogP contribution < -0.4 is 0 Å². The predicted molar refractivity (Wildman–Crippen MR) is 86.7 cm³/mol. The van der Waals surface area contributed by atoms with E-state index in [0.29, 0.717) is 26.2 Å². The fourth-order valence-corrected chi connectivity index (χ4v) is 3.49. The summed E-state index contributed by atoms with van der Waals surface area (Å²) in [6.45, 7) is 4.74. The zero-order valence-corrected chi connectivity index (χ0v) is 13.6. The molecule has 1 aliphatic heterocycles. The number of amides is 1. The van der Waals surface area contributed by atoms with Crippen LogP contribution in [-0.2, 0) is 35.5 Å². The third-order valence-corrected chi connectivity index (χ3v) is 4.83. The highest BCUT2D eigenvalue weighted by molar-refractivity contribution is 7.10. The van der Waals surface area contributed by atoms with Crippen molar-refractivity contribution >= 4 is 17.2 Å². The van der Waals surface area contributed by atoms with E-state index in [-0.39, 0.29) is 5.91 Å². The summed E-state index contributed by atoms with van der Waals surface area (Å²) in [5.74, 6) is 0.198. The predicted octanol–water partition coefficient (Wildman–Crippen LogP) is 2.81. The Balaban J connectivity index is 1.69. The monoisotopic (exact) mass is 316 g/mol. The quantitative estimate of drug-likeness (QED) is 0.852. The number of pyridine rings is 1. The number of thiophene rings is 1. The lowest BCUT2D eigenvalue weighted by Crippen LogP contribution is -2.37. The Morgan fingerprint density at radius 1 is 1.45 bits per heavy atom. The molecule has 0 bridgehead atoms. The van der Waals surface area contributed by atoms with Gasteiger partial charge in [-0.15, -0.1) is 11.3 Å². The lowest BCUT2D eigenvalue weighted by atomic mass is 9.97. The smallest absolute Gasteiger partial charge is 0.228 e. The van der Waals surface area contributed by atoms with Gasteiger partial charge in [-0.1, -0.05) is 6.07 Å². The molecule has 0 saturated heterocycles. The Kier molecular flexibility index (Phi) is 4.85. The summed E-state index contributed by atoms with van der Waals surface area (Å²) in [6.07, 6.45) is 5.16. The summed E-state index contributed by atoms with van der Waals surface area (Å²) in [7, 11) is 0. The minimum Gasteiger partial charge on any atom is -0.377 e. The Hall–Kier alpha value is -1.72. The van der Waals surface area contributed by atoms with Crippen molar-refractivity contribution < 1.29 is 9.53 Å². The van der Waals surface area contributed by atoms with Crippen LogP contribution in [0.2, 0.25) is 0 Å². The summed E-state index contributed by atoms with van der Waals surface area (Å²) in [5.41, 5.74) is 3.62. The van der Waals surface area contributed by atoms with E-state index in [9.17, 15) is 4.79 Å². The van der Waals surface area contributed by atoms with Crippen molar-refractivity contribution in [2.75, 3.05) is 13.2 Å². The average molecular weight is 316 g/mol. The Morgan fingerprint density at radius 2 is 2.36 bits per heavy atom. The van der Waals surface area contributed by atoms with Crippen LogP contribution in [-0.4, -0.2) is 28.9 Å². The fraction of sp³-hybridized carbons (Fsp3) is 0.412. The second kappa shape index (κ2) is 7.03. The molecule has 2 aromatic heterocycles. The van der Waals surface area contributed by atoms with Gasteiger partial charge in [0.1, 0.15) is 0 Å². The van der Waals surface area contributed by atoms with Gasteiger partial charge in [0, 0.05) is 37.0 Å². The molecule has 0 unspecified atom stereocenters. The molecule has 0 aliphatic carbocycles. The molecule has 1 amide bonds. The van der Waals surface area contributed by atoms with Crippen molar-refractivity contribution in [2.45, 2.75) is 32.9 Å². The molecular formula is C17H20N2O2S. The van der Waals surface area contributed by atoms with Gasteiger partial charge >= 0.3 is 0 Å².